The van der Waals surface area contributed by atoms with Crippen LogP contribution in [0.15, 0.2) is 69.9 Å². The second-order valence-electron chi connectivity index (χ2n) is 6.78. The molecule has 0 aliphatic rings. The molecule has 0 aliphatic carbocycles. The van der Waals surface area contributed by atoms with Gasteiger partial charge in [-0.15, -0.1) is 11.3 Å². The van der Waals surface area contributed by atoms with Gasteiger partial charge in [0.2, 0.25) is 5.91 Å². The van der Waals surface area contributed by atoms with Crippen LogP contribution in [0.25, 0.3) is 21.3 Å². The van der Waals surface area contributed by atoms with Crippen LogP contribution in [0.1, 0.15) is 5.56 Å². The van der Waals surface area contributed by atoms with Gasteiger partial charge in [0.25, 0.3) is 5.56 Å². The van der Waals surface area contributed by atoms with Crippen LogP contribution in [-0.2, 0) is 11.2 Å². The fraction of sp³-hybridized carbons (Fsp3) is 0.136. The number of nitrogens with zero attached hydrogens (tertiary/aromatic N) is 2. The van der Waals surface area contributed by atoms with E-state index in [-0.39, 0.29) is 28.2 Å². The van der Waals surface area contributed by atoms with Crippen molar-refractivity contribution in [3.05, 3.63) is 81.7 Å². The summed E-state index contributed by atoms with van der Waals surface area (Å²) in [4.78, 5) is 30.1. The third kappa shape index (κ3) is 4.78. The Morgan fingerprint density at radius 2 is 1.90 bits per heavy atom. The number of carbonyl (C=O) groups excluding carboxylic acids is 1. The first kappa shape index (κ1) is 21.1. The highest BCUT2D eigenvalue weighted by Crippen LogP contribution is 2.31. The molecule has 0 unspecified atom stereocenters. The summed E-state index contributed by atoms with van der Waals surface area (Å²) in [5.41, 5.74) is 2.31. The zero-order chi connectivity index (χ0) is 21.8. The van der Waals surface area contributed by atoms with E-state index in [1.807, 2.05) is 35.7 Å². The number of rotatable bonds is 7. The largest absolute Gasteiger partial charge is 0.355 e. The van der Waals surface area contributed by atoms with E-state index >= 15 is 0 Å². The first-order valence-corrected chi connectivity index (χ1v) is 11.4. The molecule has 0 aliphatic heterocycles. The van der Waals surface area contributed by atoms with Crippen molar-refractivity contribution < 1.29 is 9.18 Å². The first-order chi connectivity index (χ1) is 15.0. The second-order valence-corrected chi connectivity index (χ2v) is 8.58. The Morgan fingerprint density at radius 1 is 1.16 bits per heavy atom. The molecule has 0 saturated carbocycles. The minimum absolute atomic E-state index is 0.0789. The molecule has 4 aromatic rings. The molecule has 0 spiro atoms. The average molecular weight is 455 g/mol. The highest BCUT2D eigenvalue weighted by molar-refractivity contribution is 7.99. The molecule has 31 heavy (non-hydrogen) atoms. The van der Waals surface area contributed by atoms with Crippen LogP contribution in [0, 0.1) is 5.82 Å². The summed E-state index contributed by atoms with van der Waals surface area (Å²) in [7, 11) is 0. The number of nitrogens with two attached hydrogens (primary N) is 1. The smallest absolute Gasteiger partial charge is 0.282 e. The van der Waals surface area contributed by atoms with Gasteiger partial charge in [-0.3, -0.25) is 9.59 Å². The SMILES string of the molecule is Nn1c(SCC(=O)NCCc2ccc(F)cc2)nc2scc(-c3ccccc3)c2c1=O. The third-order valence-electron chi connectivity index (χ3n) is 4.67. The number of thiophene rings is 1. The van der Waals surface area contributed by atoms with Crippen LogP contribution < -0.4 is 16.7 Å². The Hall–Kier alpha value is -3.17. The lowest BCUT2D eigenvalue weighted by Gasteiger charge is -2.08. The number of hydrogen-bond acceptors (Lipinski definition) is 6. The number of fused-ring (bicyclic) bond motifs is 1. The summed E-state index contributed by atoms with van der Waals surface area (Å²) in [6, 6.07) is 15.8. The normalized spacial score (nSPS) is 11.0. The van der Waals surface area contributed by atoms with Crippen molar-refractivity contribution in [2.75, 3.05) is 18.1 Å². The van der Waals surface area contributed by atoms with Gasteiger partial charge in [-0.05, 0) is 29.7 Å². The monoisotopic (exact) mass is 454 g/mol. The highest BCUT2D eigenvalue weighted by atomic mass is 32.2. The van der Waals surface area contributed by atoms with Gasteiger partial charge in [0.15, 0.2) is 5.16 Å². The Morgan fingerprint density at radius 3 is 2.65 bits per heavy atom. The maximum atomic E-state index is 12.9. The number of halogens is 1. The quantitative estimate of drug-likeness (QED) is 0.254. The van der Waals surface area contributed by atoms with E-state index in [4.69, 9.17) is 5.84 Å². The lowest BCUT2D eigenvalue weighted by atomic mass is 10.1. The van der Waals surface area contributed by atoms with Crippen LogP contribution in [0.3, 0.4) is 0 Å². The van der Waals surface area contributed by atoms with Crippen LogP contribution in [-0.4, -0.2) is 27.9 Å². The number of aromatic nitrogens is 2. The van der Waals surface area contributed by atoms with Gasteiger partial charge in [-0.1, -0.05) is 54.2 Å². The van der Waals surface area contributed by atoms with E-state index in [1.165, 1.54) is 23.5 Å². The van der Waals surface area contributed by atoms with E-state index in [0.29, 0.717) is 23.2 Å². The van der Waals surface area contributed by atoms with Crippen LogP contribution in [0.4, 0.5) is 4.39 Å². The fourth-order valence-corrected chi connectivity index (χ4v) is 4.83. The summed E-state index contributed by atoms with van der Waals surface area (Å²) in [6.07, 6.45) is 0.597. The highest BCUT2D eigenvalue weighted by Gasteiger charge is 2.17. The number of thioether (sulfide) groups is 1. The molecular formula is C22H19FN4O2S2. The van der Waals surface area contributed by atoms with Crippen LogP contribution >= 0.6 is 23.1 Å². The number of carbonyl (C=O) groups is 1. The van der Waals surface area contributed by atoms with Gasteiger partial charge in [0, 0.05) is 17.5 Å². The molecule has 0 fully saturated rings. The predicted octanol–water partition coefficient (Wildman–Crippen LogP) is 3.43. The molecule has 2 heterocycles. The molecule has 0 radical (unpaired) electrons. The zero-order valence-electron chi connectivity index (χ0n) is 16.4. The minimum Gasteiger partial charge on any atom is -0.355 e. The summed E-state index contributed by atoms with van der Waals surface area (Å²) in [5.74, 6) is 5.59. The van der Waals surface area contributed by atoms with Gasteiger partial charge in [0.05, 0.1) is 11.1 Å². The Balaban J connectivity index is 1.42. The van der Waals surface area contributed by atoms with Crippen molar-refractivity contribution in [2.24, 2.45) is 0 Å². The topological polar surface area (TPSA) is 90.0 Å². The Bertz CT molecular complexity index is 1270. The fourth-order valence-electron chi connectivity index (χ4n) is 3.10. The van der Waals surface area contributed by atoms with Crippen molar-refractivity contribution in [3.63, 3.8) is 0 Å². The molecular weight excluding hydrogens is 435 g/mol. The maximum Gasteiger partial charge on any atom is 0.282 e. The van der Waals surface area contributed by atoms with Gasteiger partial charge in [-0.25, -0.2) is 14.1 Å². The van der Waals surface area contributed by atoms with Gasteiger partial charge < -0.3 is 11.2 Å². The number of nitrogens with one attached hydrogen (secondary N) is 1. The van der Waals surface area contributed by atoms with Gasteiger partial charge >= 0.3 is 0 Å². The second kappa shape index (κ2) is 9.32. The van der Waals surface area contributed by atoms with E-state index in [1.54, 1.807) is 12.1 Å². The average Bonchev–Trinajstić information content (AvgIpc) is 3.21. The molecule has 0 atom stereocenters. The maximum absolute atomic E-state index is 12.9. The summed E-state index contributed by atoms with van der Waals surface area (Å²) in [5, 5.41) is 5.46. The molecule has 158 valence electrons. The molecule has 4 rings (SSSR count). The van der Waals surface area contributed by atoms with Crippen LogP contribution in [0.5, 0.6) is 0 Å². The number of hydrogen-bond donors (Lipinski definition) is 2. The van der Waals surface area contributed by atoms with Crippen molar-refractivity contribution in [1.82, 2.24) is 15.0 Å². The standard InChI is InChI=1S/C22H19FN4O2S2/c23-16-8-6-14(7-9-16)10-11-25-18(28)13-31-22-26-20-19(21(29)27(22)24)17(12-30-20)15-4-2-1-3-5-15/h1-9,12H,10-11,13,24H2,(H,25,28). The summed E-state index contributed by atoms with van der Waals surface area (Å²) in [6.45, 7) is 0.429. The molecule has 9 heteroatoms. The lowest BCUT2D eigenvalue weighted by molar-refractivity contribution is -0.118. The lowest BCUT2D eigenvalue weighted by Crippen LogP contribution is -2.31. The van der Waals surface area contributed by atoms with E-state index in [0.717, 1.165) is 33.1 Å². The predicted molar refractivity (Wildman–Crippen MR) is 123 cm³/mol. The first-order valence-electron chi connectivity index (χ1n) is 9.51. The van der Waals surface area contributed by atoms with Crippen molar-refractivity contribution in [1.29, 1.82) is 0 Å². The van der Waals surface area contributed by atoms with E-state index in [2.05, 4.69) is 10.3 Å². The van der Waals surface area contributed by atoms with Crippen molar-refractivity contribution in [3.8, 4) is 11.1 Å². The molecule has 2 aromatic carbocycles. The Labute approximate surface area is 185 Å². The molecule has 0 bridgehead atoms. The number of amides is 1. The minimum atomic E-state index is -0.343. The molecule has 1 amide bonds. The molecule has 3 N–H and O–H groups in total. The third-order valence-corrected chi connectivity index (χ3v) is 6.50. The Kier molecular flexibility index (Phi) is 6.34. The summed E-state index contributed by atoms with van der Waals surface area (Å²) >= 11 is 2.48. The number of benzene rings is 2. The molecule has 6 nitrogen and oxygen atoms in total. The van der Waals surface area contributed by atoms with Gasteiger partial charge in [0.1, 0.15) is 10.6 Å². The van der Waals surface area contributed by atoms with Crippen molar-refractivity contribution in [2.45, 2.75) is 11.6 Å². The van der Waals surface area contributed by atoms with Crippen molar-refractivity contribution >= 4 is 39.2 Å². The zero-order valence-corrected chi connectivity index (χ0v) is 18.0. The van der Waals surface area contributed by atoms with Gasteiger partial charge in [-0.2, -0.15) is 0 Å². The number of nitrogen functional groups attached to an aromatic ring is 1. The van der Waals surface area contributed by atoms with Crippen LogP contribution in [0.2, 0.25) is 0 Å². The summed E-state index contributed by atoms with van der Waals surface area (Å²) < 4.78 is 13.9. The molecule has 0 saturated heterocycles. The van der Waals surface area contributed by atoms with E-state index in [9.17, 15) is 14.0 Å². The molecule has 2 aromatic heterocycles. The van der Waals surface area contributed by atoms with E-state index < -0.39 is 0 Å².